The lowest BCUT2D eigenvalue weighted by atomic mass is 9.74. The lowest BCUT2D eigenvalue weighted by Crippen LogP contribution is -2.42. The number of carbonyl (C=O) groups excluding carboxylic acids is 1. The Morgan fingerprint density at radius 2 is 2.23 bits per heavy atom. The lowest BCUT2D eigenvalue weighted by molar-refractivity contribution is 0.0440. The van der Waals surface area contributed by atoms with Gasteiger partial charge in [0, 0.05) is 24.6 Å². The van der Waals surface area contributed by atoms with Gasteiger partial charge >= 0.3 is 0 Å². The maximum Gasteiger partial charge on any atom is 0.253 e. The fourth-order valence-corrected chi connectivity index (χ4v) is 4.91. The topological polar surface area (TPSA) is 62.7 Å². The molecule has 0 radical (unpaired) electrons. The minimum Gasteiger partial charge on any atom is -0.493 e. The zero-order valence-corrected chi connectivity index (χ0v) is 14.9. The van der Waals surface area contributed by atoms with Crippen LogP contribution in [0, 0.1) is 5.41 Å². The van der Waals surface area contributed by atoms with Crippen molar-refractivity contribution < 1.29 is 14.6 Å². The van der Waals surface area contributed by atoms with Crippen LogP contribution in [0.1, 0.15) is 21.8 Å². The number of thiazole rings is 1. The highest BCUT2D eigenvalue weighted by molar-refractivity contribution is 7.16. The van der Waals surface area contributed by atoms with Gasteiger partial charge in [-0.3, -0.25) is 4.79 Å². The summed E-state index contributed by atoms with van der Waals surface area (Å²) in [5.74, 6) is 0.954. The zero-order valence-electron chi connectivity index (χ0n) is 14.1. The minimum absolute atomic E-state index is 0.00000567. The van der Waals surface area contributed by atoms with Crippen LogP contribution >= 0.6 is 11.3 Å². The fraction of sp³-hybridized carbons (Fsp3) is 0.300. The molecule has 1 saturated heterocycles. The monoisotopic (exact) mass is 366 g/mol. The van der Waals surface area contributed by atoms with E-state index in [9.17, 15) is 9.90 Å². The van der Waals surface area contributed by atoms with Crippen molar-refractivity contribution in [3.05, 3.63) is 59.1 Å². The molecule has 3 aromatic rings. The number of amides is 1. The van der Waals surface area contributed by atoms with Crippen LogP contribution in [0.4, 0.5) is 0 Å². The maximum atomic E-state index is 13.1. The predicted molar refractivity (Wildman–Crippen MR) is 99.7 cm³/mol. The number of hydrogen-bond donors (Lipinski definition) is 1. The smallest absolute Gasteiger partial charge is 0.253 e. The molecule has 1 fully saturated rings. The van der Waals surface area contributed by atoms with E-state index in [0.29, 0.717) is 25.3 Å². The molecule has 26 heavy (non-hydrogen) atoms. The zero-order chi connectivity index (χ0) is 17.7. The second-order valence-corrected chi connectivity index (χ2v) is 8.01. The molecule has 5 rings (SSSR count). The summed E-state index contributed by atoms with van der Waals surface area (Å²) in [5.41, 5.74) is 4.02. The Balaban J connectivity index is 1.49. The summed E-state index contributed by atoms with van der Waals surface area (Å²) >= 11 is 1.53. The molecule has 2 aromatic carbocycles. The molecular formula is C20H18N2O3S. The van der Waals surface area contributed by atoms with Gasteiger partial charge in [0.05, 0.1) is 34.4 Å². The molecule has 0 unspecified atom stereocenters. The predicted octanol–water partition coefficient (Wildman–Crippen LogP) is 2.91. The highest BCUT2D eigenvalue weighted by atomic mass is 32.1. The molecule has 0 saturated carbocycles. The number of likely N-dealkylation sites (tertiary alicyclic amines) is 1. The van der Waals surface area contributed by atoms with Crippen LogP contribution in [-0.4, -0.2) is 47.2 Å². The second-order valence-electron chi connectivity index (χ2n) is 7.12. The van der Waals surface area contributed by atoms with Gasteiger partial charge < -0.3 is 14.7 Å². The molecule has 1 amide bonds. The van der Waals surface area contributed by atoms with E-state index in [2.05, 4.69) is 4.98 Å². The van der Waals surface area contributed by atoms with Gasteiger partial charge in [0.2, 0.25) is 0 Å². The van der Waals surface area contributed by atoms with E-state index < -0.39 is 5.41 Å². The number of aliphatic hydroxyl groups excluding tert-OH is 1. The standard InChI is InChI=1S/C20H18N2O3S/c23-10-20-9-22(8-15(20)14-3-1-2-4-17(14)25-11-20)19(24)13-5-6-16-18(7-13)26-12-21-16/h1-7,12,15,23H,8-11H2/t15-,20-/m1/s1. The van der Waals surface area contributed by atoms with E-state index in [1.54, 1.807) is 5.51 Å². The first-order valence-corrected chi connectivity index (χ1v) is 9.53. The van der Waals surface area contributed by atoms with Gasteiger partial charge in [-0.15, -0.1) is 11.3 Å². The molecular weight excluding hydrogens is 348 g/mol. The van der Waals surface area contributed by atoms with Crippen LogP contribution in [0.5, 0.6) is 5.75 Å². The van der Waals surface area contributed by atoms with Crippen molar-refractivity contribution in [1.82, 2.24) is 9.88 Å². The largest absolute Gasteiger partial charge is 0.493 e. The van der Waals surface area contributed by atoms with E-state index in [0.717, 1.165) is 21.5 Å². The van der Waals surface area contributed by atoms with Crippen LogP contribution in [-0.2, 0) is 0 Å². The number of carbonyl (C=O) groups is 1. The van der Waals surface area contributed by atoms with Gasteiger partial charge in [-0.25, -0.2) is 4.98 Å². The first-order valence-electron chi connectivity index (χ1n) is 8.65. The summed E-state index contributed by atoms with van der Waals surface area (Å²) in [6, 6.07) is 13.6. The van der Waals surface area contributed by atoms with Crippen LogP contribution in [0.2, 0.25) is 0 Å². The summed E-state index contributed by atoms with van der Waals surface area (Å²) < 4.78 is 6.92. The molecule has 0 spiro atoms. The Labute approximate surface area is 154 Å². The number of aliphatic hydroxyl groups is 1. The molecule has 132 valence electrons. The summed E-state index contributed by atoms with van der Waals surface area (Å²) in [6.45, 7) is 1.54. The molecule has 2 aliphatic heterocycles. The average molecular weight is 366 g/mol. The molecule has 0 aliphatic carbocycles. The van der Waals surface area contributed by atoms with Crippen LogP contribution in [0.15, 0.2) is 48.0 Å². The number of benzene rings is 2. The Morgan fingerprint density at radius 1 is 1.35 bits per heavy atom. The maximum absolute atomic E-state index is 13.1. The Morgan fingerprint density at radius 3 is 3.12 bits per heavy atom. The van der Waals surface area contributed by atoms with Crippen LogP contribution in [0.25, 0.3) is 10.2 Å². The molecule has 2 atom stereocenters. The number of para-hydroxylation sites is 1. The van der Waals surface area contributed by atoms with Gasteiger partial charge in [-0.05, 0) is 29.8 Å². The summed E-state index contributed by atoms with van der Waals surface area (Å²) in [7, 11) is 0. The van der Waals surface area contributed by atoms with Crippen molar-refractivity contribution in [3.8, 4) is 5.75 Å². The third-order valence-electron chi connectivity index (χ3n) is 5.64. The minimum atomic E-state index is -0.432. The van der Waals surface area contributed by atoms with Gasteiger partial charge in [0.25, 0.3) is 5.91 Å². The second kappa shape index (κ2) is 5.79. The van der Waals surface area contributed by atoms with Crippen molar-refractivity contribution in [2.24, 2.45) is 5.41 Å². The fourth-order valence-electron chi connectivity index (χ4n) is 4.20. The van der Waals surface area contributed by atoms with Gasteiger partial charge in [0.1, 0.15) is 5.75 Å². The van der Waals surface area contributed by atoms with Crippen molar-refractivity contribution >= 4 is 27.5 Å². The Bertz CT molecular complexity index is 1000. The normalized spacial score (nSPS) is 24.2. The quantitative estimate of drug-likeness (QED) is 0.758. The van der Waals surface area contributed by atoms with E-state index in [-0.39, 0.29) is 18.4 Å². The molecule has 1 aromatic heterocycles. The SMILES string of the molecule is O=C(c1ccc2ncsc2c1)N1C[C@@H]2c3ccccc3OC[C@]2(CO)C1. The van der Waals surface area contributed by atoms with E-state index >= 15 is 0 Å². The lowest BCUT2D eigenvalue weighted by Gasteiger charge is -2.37. The number of fused-ring (bicyclic) bond motifs is 4. The number of aromatic nitrogens is 1. The first-order chi connectivity index (χ1) is 12.7. The summed E-state index contributed by atoms with van der Waals surface area (Å²) in [5, 5.41) is 10.1. The first kappa shape index (κ1) is 15.8. The Hall–Kier alpha value is -2.44. The molecule has 3 heterocycles. The highest BCUT2D eigenvalue weighted by Gasteiger charge is 2.52. The van der Waals surface area contributed by atoms with Gasteiger partial charge in [-0.2, -0.15) is 0 Å². The number of rotatable bonds is 2. The summed E-state index contributed by atoms with van der Waals surface area (Å²) in [6.07, 6.45) is 0. The number of nitrogens with zero attached hydrogens (tertiary/aromatic N) is 2. The third kappa shape index (κ3) is 2.26. The van der Waals surface area contributed by atoms with E-state index in [1.807, 2.05) is 47.4 Å². The van der Waals surface area contributed by atoms with Crippen molar-refractivity contribution in [3.63, 3.8) is 0 Å². The average Bonchev–Trinajstić information content (AvgIpc) is 3.31. The molecule has 1 N–H and O–H groups in total. The number of ether oxygens (including phenoxy) is 1. The van der Waals surface area contributed by atoms with Crippen molar-refractivity contribution in [1.29, 1.82) is 0 Å². The van der Waals surface area contributed by atoms with E-state index in [4.69, 9.17) is 4.74 Å². The van der Waals surface area contributed by atoms with E-state index in [1.165, 1.54) is 11.3 Å². The van der Waals surface area contributed by atoms with Crippen LogP contribution < -0.4 is 4.74 Å². The molecule has 0 bridgehead atoms. The molecule has 2 aliphatic rings. The Kier molecular flexibility index (Phi) is 3.52. The third-order valence-corrected chi connectivity index (χ3v) is 6.43. The van der Waals surface area contributed by atoms with Gasteiger partial charge in [0.15, 0.2) is 0 Å². The highest BCUT2D eigenvalue weighted by Crippen LogP contribution is 2.49. The van der Waals surface area contributed by atoms with Crippen molar-refractivity contribution in [2.75, 3.05) is 26.3 Å². The molecule has 6 heteroatoms. The number of hydrogen-bond acceptors (Lipinski definition) is 5. The summed E-state index contributed by atoms with van der Waals surface area (Å²) in [4.78, 5) is 19.2. The van der Waals surface area contributed by atoms with Gasteiger partial charge in [-0.1, -0.05) is 18.2 Å². The van der Waals surface area contributed by atoms with Crippen molar-refractivity contribution in [2.45, 2.75) is 5.92 Å². The molecule has 5 nitrogen and oxygen atoms in total. The van der Waals surface area contributed by atoms with Crippen LogP contribution in [0.3, 0.4) is 0 Å².